The van der Waals surface area contributed by atoms with Crippen molar-refractivity contribution < 1.29 is 14.6 Å². The number of hydrogen-bond donors (Lipinski definition) is 2. The molecule has 21 heavy (non-hydrogen) atoms. The van der Waals surface area contributed by atoms with Gasteiger partial charge in [-0.25, -0.2) is 4.79 Å². The Labute approximate surface area is 124 Å². The molecule has 2 rings (SSSR count). The van der Waals surface area contributed by atoms with Crippen LogP contribution in [0, 0.1) is 0 Å². The van der Waals surface area contributed by atoms with E-state index < -0.39 is 6.04 Å². The Bertz CT molecular complexity index is 584. The summed E-state index contributed by atoms with van der Waals surface area (Å²) in [6.07, 6.45) is 0. The minimum Gasteiger partial charge on any atom is -0.464 e. The van der Waals surface area contributed by atoms with E-state index in [2.05, 4.69) is 5.32 Å². The van der Waals surface area contributed by atoms with Gasteiger partial charge in [0.15, 0.2) is 6.04 Å². The molecule has 0 radical (unpaired) electrons. The van der Waals surface area contributed by atoms with E-state index in [-0.39, 0.29) is 12.6 Å². The number of anilines is 1. The zero-order valence-corrected chi connectivity index (χ0v) is 12.0. The topological polar surface area (TPSA) is 58.6 Å². The fourth-order valence-electron chi connectivity index (χ4n) is 2.08. The maximum atomic E-state index is 12.2. The average molecular weight is 285 g/mol. The van der Waals surface area contributed by atoms with Crippen molar-refractivity contribution in [2.75, 3.05) is 11.9 Å². The van der Waals surface area contributed by atoms with Crippen LogP contribution < -0.4 is 5.32 Å². The molecule has 2 aromatic carbocycles. The standard InChI is InChI=1S/C17H19NO3/c1-2-21-17(20)16(14-8-4-3-5-9-14)18-15-10-6-7-13(11-15)12-19/h3-11,16,18-19H,2,12H2,1H3/t16-/m1/s1. The summed E-state index contributed by atoms with van der Waals surface area (Å²) in [5.41, 5.74) is 2.39. The van der Waals surface area contributed by atoms with Gasteiger partial charge in [-0.05, 0) is 30.2 Å². The number of aliphatic hydroxyl groups is 1. The molecule has 0 saturated heterocycles. The van der Waals surface area contributed by atoms with Crippen molar-refractivity contribution in [2.24, 2.45) is 0 Å². The lowest BCUT2D eigenvalue weighted by molar-refractivity contribution is -0.144. The number of esters is 1. The van der Waals surface area contributed by atoms with Crippen molar-refractivity contribution >= 4 is 11.7 Å². The van der Waals surface area contributed by atoms with Crippen molar-refractivity contribution in [3.63, 3.8) is 0 Å². The molecule has 0 bridgehead atoms. The van der Waals surface area contributed by atoms with Crippen LogP contribution in [0.25, 0.3) is 0 Å². The highest BCUT2D eigenvalue weighted by atomic mass is 16.5. The summed E-state index contributed by atoms with van der Waals surface area (Å²) in [5.74, 6) is -0.321. The van der Waals surface area contributed by atoms with Crippen LogP contribution in [0.4, 0.5) is 5.69 Å². The predicted molar refractivity (Wildman–Crippen MR) is 81.8 cm³/mol. The van der Waals surface area contributed by atoms with Crippen LogP contribution in [-0.4, -0.2) is 17.7 Å². The Balaban J connectivity index is 2.25. The van der Waals surface area contributed by atoms with E-state index in [1.807, 2.05) is 54.6 Å². The molecule has 0 saturated carbocycles. The van der Waals surface area contributed by atoms with Crippen LogP contribution in [0.15, 0.2) is 54.6 Å². The van der Waals surface area contributed by atoms with E-state index in [1.54, 1.807) is 6.92 Å². The van der Waals surface area contributed by atoms with Crippen LogP contribution in [0.5, 0.6) is 0 Å². The summed E-state index contributed by atoms with van der Waals surface area (Å²) in [4.78, 5) is 12.2. The van der Waals surface area contributed by atoms with Gasteiger partial charge >= 0.3 is 5.97 Å². The first-order valence-corrected chi connectivity index (χ1v) is 6.92. The Kier molecular flexibility index (Phi) is 5.35. The number of carbonyl (C=O) groups excluding carboxylic acids is 1. The van der Waals surface area contributed by atoms with Crippen LogP contribution in [0.3, 0.4) is 0 Å². The Hall–Kier alpha value is -2.33. The lowest BCUT2D eigenvalue weighted by atomic mass is 10.1. The van der Waals surface area contributed by atoms with Gasteiger partial charge in [-0.15, -0.1) is 0 Å². The Morgan fingerprint density at radius 3 is 2.62 bits per heavy atom. The molecule has 4 heteroatoms. The summed E-state index contributed by atoms with van der Waals surface area (Å²) < 4.78 is 5.14. The van der Waals surface area contributed by atoms with Gasteiger partial charge < -0.3 is 15.2 Å². The summed E-state index contributed by atoms with van der Waals surface area (Å²) in [6, 6.07) is 16.2. The number of aliphatic hydroxyl groups excluding tert-OH is 1. The number of rotatable bonds is 6. The predicted octanol–water partition coefficient (Wildman–Crippen LogP) is 2.90. The zero-order valence-electron chi connectivity index (χ0n) is 12.0. The van der Waals surface area contributed by atoms with E-state index >= 15 is 0 Å². The maximum absolute atomic E-state index is 12.2. The van der Waals surface area contributed by atoms with Crippen molar-refractivity contribution in [1.29, 1.82) is 0 Å². The second-order valence-corrected chi connectivity index (χ2v) is 4.60. The van der Waals surface area contributed by atoms with Crippen molar-refractivity contribution in [3.05, 3.63) is 65.7 Å². The highest BCUT2D eigenvalue weighted by Gasteiger charge is 2.21. The molecule has 0 fully saturated rings. The molecule has 0 heterocycles. The lowest BCUT2D eigenvalue weighted by Crippen LogP contribution is -2.23. The minimum absolute atomic E-state index is 0.0368. The quantitative estimate of drug-likeness (QED) is 0.801. The third-order valence-corrected chi connectivity index (χ3v) is 3.08. The molecule has 2 N–H and O–H groups in total. The summed E-state index contributed by atoms with van der Waals surface area (Å²) in [7, 11) is 0. The highest BCUT2D eigenvalue weighted by molar-refractivity contribution is 5.81. The van der Waals surface area contributed by atoms with E-state index in [0.29, 0.717) is 6.61 Å². The van der Waals surface area contributed by atoms with Gasteiger partial charge in [0.25, 0.3) is 0 Å². The fourth-order valence-corrected chi connectivity index (χ4v) is 2.08. The molecule has 0 aliphatic heterocycles. The van der Waals surface area contributed by atoms with Gasteiger partial charge in [0.1, 0.15) is 0 Å². The largest absolute Gasteiger partial charge is 0.464 e. The number of nitrogens with one attached hydrogen (secondary N) is 1. The third kappa shape index (κ3) is 4.07. The minimum atomic E-state index is -0.569. The first-order chi connectivity index (χ1) is 10.2. The van der Waals surface area contributed by atoms with Crippen molar-refractivity contribution in [2.45, 2.75) is 19.6 Å². The van der Waals surface area contributed by atoms with Crippen LogP contribution in [-0.2, 0) is 16.1 Å². The number of ether oxygens (including phenoxy) is 1. The maximum Gasteiger partial charge on any atom is 0.333 e. The van der Waals surface area contributed by atoms with Gasteiger partial charge in [0, 0.05) is 5.69 Å². The molecule has 1 atom stereocenters. The third-order valence-electron chi connectivity index (χ3n) is 3.08. The van der Waals surface area contributed by atoms with E-state index in [9.17, 15) is 9.90 Å². The van der Waals surface area contributed by atoms with Crippen molar-refractivity contribution in [3.8, 4) is 0 Å². The summed E-state index contributed by atoms with van der Waals surface area (Å²) in [6.45, 7) is 2.08. The smallest absolute Gasteiger partial charge is 0.333 e. The van der Waals surface area contributed by atoms with Gasteiger partial charge in [0.2, 0.25) is 0 Å². The average Bonchev–Trinajstić information content (AvgIpc) is 2.54. The molecule has 110 valence electrons. The van der Waals surface area contributed by atoms with Crippen molar-refractivity contribution in [1.82, 2.24) is 0 Å². The molecule has 0 aromatic heterocycles. The summed E-state index contributed by atoms with van der Waals surface area (Å²) in [5, 5.41) is 12.4. The molecule has 2 aromatic rings. The van der Waals surface area contributed by atoms with Crippen LogP contribution in [0.2, 0.25) is 0 Å². The lowest BCUT2D eigenvalue weighted by Gasteiger charge is -2.19. The van der Waals surface area contributed by atoms with Crippen LogP contribution >= 0.6 is 0 Å². The number of benzene rings is 2. The SMILES string of the molecule is CCOC(=O)[C@H](Nc1cccc(CO)c1)c1ccccc1. The van der Waals surface area contributed by atoms with Gasteiger partial charge in [0.05, 0.1) is 13.2 Å². The second-order valence-electron chi connectivity index (χ2n) is 4.60. The molecule has 4 nitrogen and oxygen atoms in total. The van der Waals surface area contributed by atoms with Crippen LogP contribution in [0.1, 0.15) is 24.1 Å². The molecule has 0 unspecified atom stereocenters. The molecule has 0 aliphatic rings. The second kappa shape index (κ2) is 7.45. The van der Waals surface area contributed by atoms with E-state index in [1.165, 1.54) is 0 Å². The number of carbonyl (C=O) groups is 1. The summed E-state index contributed by atoms with van der Waals surface area (Å²) >= 11 is 0. The molecule has 0 amide bonds. The fraction of sp³-hybridized carbons (Fsp3) is 0.235. The number of hydrogen-bond acceptors (Lipinski definition) is 4. The molecule has 0 spiro atoms. The Morgan fingerprint density at radius 1 is 1.19 bits per heavy atom. The van der Waals surface area contributed by atoms with E-state index in [0.717, 1.165) is 16.8 Å². The molecule has 0 aliphatic carbocycles. The zero-order chi connectivity index (χ0) is 15.1. The molecular weight excluding hydrogens is 266 g/mol. The normalized spacial score (nSPS) is 11.7. The first kappa shape index (κ1) is 15.1. The first-order valence-electron chi connectivity index (χ1n) is 6.92. The monoisotopic (exact) mass is 285 g/mol. The van der Waals surface area contributed by atoms with Gasteiger partial charge in [-0.3, -0.25) is 0 Å². The highest BCUT2D eigenvalue weighted by Crippen LogP contribution is 2.22. The van der Waals surface area contributed by atoms with E-state index in [4.69, 9.17) is 4.74 Å². The van der Waals surface area contributed by atoms with Gasteiger partial charge in [-0.1, -0.05) is 42.5 Å². The van der Waals surface area contributed by atoms with Gasteiger partial charge in [-0.2, -0.15) is 0 Å². The molecular formula is C17H19NO3. The Morgan fingerprint density at radius 2 is 1.95 bits per heavy atom.